The lowest BCUT2D eigenvalue weighted by atomic mass is 10.0. The van der Waals surface area contributed by atoms with Gasteiger partial charge < -0.3 is 0 Å². The molecule has 0 aliphatic carbocycles. The van der Waals surface area contributed by atoms with Gasteiger partial charge in [-0.1, -0.05) is 86.7 Å². The fourth-order valence-electron chi connectivity index (χ4n) is 2.11. The number of unbranched alkanes of at least 4 members (excludes halogenated alkanes) is 1. The maximum Gasteiger partial charge on any atom is -0.0100 e. The van der Waals surface area contributed by atoms with E-state index in [1.54, 1.807) is 0 Å². The Morgan fingerprint density at radius 2 is 1.57 bits per heavy atom. The normalized spacial score (nSPS) is 9.38. The summed E-state index contributed by atoms with van der Waals surface area (Å²) in [6.45, 7) is 9.67. The molecule has 0 atom stereocenters. The number of benzene rings is 2. The van der Waals surface area contributed by atoms with Gasteiger partial charge in [-0.25, -0.2) is 0 Å². The molecule has 0 amide bonds. The van der Waals surface area contributed by atoms with E-state index in [4.69, 9.17) is 0 Å². The van der Waals surface area contributed by atoms with Gasteiger partial charge in [-0.05, 0) is 36.0 Å². The molecule has 0 bridgehead atoms. The molecule has 0 aliphatic heterocycles. The van der Waals surface area contributed by atoms with Gasteiger partial charge in [-0.3, -0.25) is 0 Å². The molecular weight excluding hydrogens is 252 g/mol. The van der Waals surface area contributed by atoms with Crippen molar-refractivity contribution in [3.63, 3.8) is 0 Å². The summed E-state index contributed by atoms with van der Waals surface area (Å²) in [6.07, 6.45) is 8.52. The van der Waals surface area contributed by atoms with E-state index in [0.717, 1.165) is 6.42 Å². The molecule has 2 aromatic rings. The van der Waals surface area contributed by atoms with Crippen molar-refractivity contribution in [1.82, 2.24) is 0 Å². The van der Waals surface area contributed by atoms with Crippen LogP contribution in [0.2, 0.25) is 0 Å². The lowest BCUT2D eigenvalue weighted by Crippen LogP contribution is -1.87. The molecule has 2 rings (SSSR count). The molecule has 2 aromatic carbocycles. The first kappa shape index (κ1) is 17.0. The molecular formula is C21H26. The molecule has 0 fully saturated rings. The van der Waals surface area contributed by atoms with Crippen molar-refractivity contribution in [2.75, 3.05) is 0 Å². The van der Waals surface area contributed by atoms with Crippen LogP contribution in [0, 0.1) is 0 Å². The second-order valence-electron chi connectivity index (χ2n) is 4.98. The SMILES string of the molecule is C=CCc1ccccc1.C=Cc1ccccc1CCCC. The molecule has 0 aromatic heterocycles. The third kappa shape index (κ3) is 6.76. The molecule has 21 heavy (non-hydrogen) atoms. The number of allylic oxidation sites excluding steroid dienone is 1. The Labute approximate surface area is 129 Å². The zero-order valence-corrected chi connectivity index (χ0v) is 13.1. The molecule has 0 saturated carbocycles. The number of hydrogen-bond acceptors (Lipinski definition) is 0. The first-order valence-corrected chi connectivity index (χ1v) is 7.67. The van der Waals surface area contributed by atoms with Gasteiger partial charge in [0.2, 0.25) is 0 Å². The quantitative estimate of drug-likeness (QED) is 0.561. The number of aryl methyl sites for hydroxylation is 1. The van der Waals surface area contributed by atoms with Crippen LogP contribution in [-0.4, -0.2) is 0 Å². The summed E-state index contributed by atoms with van der Waals surface area (Å²) in [5, 5.41) is 0. The molecule has 0 unspecified atom stereocenters. The summed E-state index contributed by atoms with van der Waals surface area (Å²) in [6, 6.07) is 18.8. The zero-order valence-electron chi connectivity index (χ0n) is 13.1. The summed E-state index contributed by atoms with van der Waals surface area (Å²) < 4.78 is 0. The topological polar surface area (TPSA) is 0 Å². The Morgan fingerprint density at radius 3 is 2.19 bits per heavy atom. The van der Waals surface area contributed by atoms with Crippen molar-refractivity contribution in [3.8, 4) is 0 Å². The highest BCUT2D eigenvalue weighted by Gasteiger charge is 1.95. The molecule has 110 valence electrons. The minimum atomic E-state index is 0.973. The predicted molar refractivity (Wildman–Crippen MR) is 95.5 cm³/mol. The third-order valence-electron chi connectivity index (χ3n) is 3.30. The Bertz CT molecular complexity index is 523. The second-order valence-corrected chi connectivity index (χ2v) is 4.98. The minimum Gasteiger partial charge on any atom is -0.103 e. The van der Waals surface area contributed by atoms with E-state index in [0.29, 0.717) is 0 Å². The molecule has 0 saturated heterocycles. The average Bonchev–Trinajstić information content (AvgIpc) is 2.55. The number of rotatable bonds is 6. The van der Waals surface area contributed by atoms with E-state index >= 15 is 0 Å². The summed E-state index contributed by atoms with van der Waals surface area (Å²) in [5.41, 5.74) is 4.04. The van der Waals surface area contributed by atoms with Gasteiger partial charge in [0.25, 0.3) is 0 Å². The first-order chi connectivity index (χ1) is 10.3. The second kappa shape index (κ2) is 10.7. The summed E-state index contributed by atoms with van der Waals surface area (Å²) in [5.74, 6) is 0. The standard InChI is InChI=1S/C12H16.C9H10/c1-3-5-8-12-10-7-6-9-11(12)4-2;1-2-6-9-7-4-3-5-8-9/h4,6-7,9-10H,2-3,5,8H2,1H3;2-5,7-8H,1,6H2. The van der Waals surface area contributed by atoms with Crippen molar-refractivity contribution in [1.29, 1.82) is 0 Å². The Kier molecular flexibility index (Phi) is 8.63. The smallest absolute Gasteiger partial charge is 0.0100 e. The van der Waals surface area contributed by atoms with Crippen LogP contribution in [-0.2, 0) is 12.8 Å². The average molecular weight is 278 g/mol. The third-order valence-corrected chi connectivity index (χ3v) is 3.30. The van der Waals surface area contributed by atoms with Gasteiger partial charge in [0.1, 0.15) is 0 Å². The first-order valence-electron chi connectivity index (χ1n) is 7.67. The van der Waals surface area contributed by atoms with Crippen LogP contribution in [0.5, 0.6) is 0 Å². The molecule has 0 nitrogen and oxygen atoms in total. The monoisotopic (exact) mass is 278 g/mol. The van der Waals surface area contributed by atoms with Crippen LogP contribution in [0.3, 0.4) is 0 Å². The van der Waals surface area contributed by atoms with Crippen molar-refractivity contribution in [2.24, 2.45) is 0 Å². The maximum atomic E-state index is 3.80. The van der Waals surface area contributed by atoms with Gasteiger partial charge in [-0.2, -0.15) is 0 Å². The Balaban J connectivity index is 0.000000219. The summed E-state index contributed by atoms with van der Waals surface area (Å²) in [4.78, 5) is 0. The molecule has 0 radical (unpaired) electrons. The maximum absolute atomic E-state index is 3.80. The highest BCUT2D eigenvalue weighted by Crippen LogP contribution is 2.12. The largest absolute Gasteiger partial charge is 0.103 e. The van der Waals surface area contributed by atoms with Gasteiger partial charge in [-0.15, -0.1) is 6.58 Å². The van der Waals surface area contributed by atoms with Crippen LogP contribution in [0.15, 0.2) is 73.8 Å². The van der Waals surface area contributed by atoms with E-state index < -0.39 is 0 Å². The van der Waals surface area contributed by atoms with Crippen LogP contribution < -0.4 is 0 Å². The van der Waals surface area contributed by atoms with Crippen LogP contribution in [0.1, 0.15) is 36.5 Å². The molecule has 0 N–H and O–H groups in total. The fraction of sp³-hybridized carbons (Fsp3) is 0.238. The molecule has 0 aliphatic rings. The van der Waals surface area contributed by atoms with Crippen LogP contribution >= 0.6 is 0 Å². The van der Waals surface area contributed by atoms with E-state index in [2.05, 4.69) is 56.5 Å². The zero-order chi connectivity index (χ0) is 15.3. The predicted octanol–water partition coefficient (Wildman–Crippen LogP) is 6.09. The van der Waals surface area contributed by atoms with Gasteiger partial charge in [0, 0.05) is 0 Å². The van der Waals surface area contributed by atoms with Crippen molar-refractivity contribution < 1.29 is 0 Å². The van der Waals surface area contributed by atoms with E-state index in [-0.39, 0.29) is 0 Å². The van der Waals surface area contributed by atoms with Gasteiger partial charge in [0.05, 0.1) is 0 Å². The Hall–Kier alpha value is -2.08. The van der Waals surface area contributed by atoms with Gasteiger partial charge in [0.15, 0.2) is 0 Å². The van der Waals surface area contributed by atoms with Crippen molar-refractivity contribution in [3.05, 3.63) is 90.5 Å². The molecule has 0 spiro atoms. The molecule has 0 heterocycles. The summed E-state index contributed by atoms with van der Waals surface area (Å²) in [7, 11) is 0. The van der Waals surface area contributed by atoms with E-state index in [1.807, 2.05) is 30.4 Å². The van der Waals surface area contributed by atoms with Crippen LogP contribution in [0.4, 0.5) is 0 Å². The fourth-order valence-corrected chi connectivity index (χ4v) is 2.11. The lowest BCUT2D eigenvalue weighted by Gasteiger charge is -2.03. The van der Waals surface area contributed by atoms with Crippen molar-refractivity contribution in [2.45, 2.75) is 32.6 Å². The van der Waals surface area contributed by atoms with E-state index in [9.17, 15) is 0 Å². The summed E-state index contributed by atoms with van der Waals surface area (Å²) >= 11 is 0. The Morgan fingerprint density at radius 1 is 0.905 bits per heavy atom. The highest BCUT2D eigenvalue weighted by atomic mass is 14.0. The molecule has 0 heteroatoms. The minimum absolute atomic E-state index is 0.973. The van der Waals surface area contributed by atoms with E-state index in [1.165, 1.54) is 36.0 Å². The van der Waals surface area contributed by atoms with Crippen molar-refractivity contribution >= 4 is 6.08 Å². The highest BCUT2D eigenvalue weighted by molar-refractivity contribution is 5.51. The van der Waals surface area contributed by atoms with Crippen LogP contribution in [0.25, 0.3) is 6.08 Å². The van der Waals surface area contributed by atoms with Gasteiger partial charge >= 0.3 is 0 Å². The number of hydrogen-bond donors (Lipinski definition) is 0. The lowest BCUT2D eigenvalue weighted by molar-refractivity contribution is 0.794.